The lowest BCUT2D eigenvalue weighted by molar-refractivity contribution is -0.145. The summed E-state index contributed by atoms with van der Waals surface area (Å²) in [7, 11) is 0. The van der Waals surface area contributed by atoms with Crippen molar-refractivity contribution in [3.05, 3.63) is 47.3 Å². The van der Waals surface area contributed by atoms with Crippen molar-refractivity contribution in [3.8, 4) is 6.07 Å². The molecule has 1 N–H and O–H groups in total. The predicted octanol–water partition coefficient (Wildman–Crippen LogP) is 2.04. The molecule has 2 rings (SSSR count). The highest BCUT2D eigenvalue weighted by Gasteiger charge is 2.16. The molecule has 0 aliphatic rings. The Hall–Kier alpha value is -2.76. The Morgan fingerprint density at radius 2 is 1.92 bits per heavy atom. The number of amides is 1. The van der Waals surface area contributed by atoms with Crippen molar-refractivity contribution in [2.24, 2.45) is 0 Å². The molecular formula is C18H23N5O3. The van der Waals surface area contributed by atoms with Crippen molar-refractivity contribution < 1.29 is 14.3 Å². The number of hydrogen-bond acceptors (Lipinski definition) is 6. The summed E-state index contributed by atoms with van der Waals surface area (Å²) in [6.07, 6.45) is 1.13. The molecule has 8 heteroatoms. The van der Waals surface area contributed by atoms with Crippen LogP contribution >= 0.6 is 0 Å². The van der Waals surface area contributed by atoms with Crippen LogP contribution in [0.4, 0.5) is 0 Å². The van der Waals surface area contributed by atoms with Crippen LogP contribution in [-0.2, 0) is 16.0 Å². The topological polar surface area (TPSA) is 102 Å². The average Bonchev–Trinajstić information content (AvgIpc) is 3.11. The molecule has 0 fully saturated rings. The molecule has 26 heavy (non-hydrogen) atoms. The van der Waals surface area contributed by atoms with Gasteiger partial charge in [0, 0.05) is 13.2 Å². The lowest BCUT2D eigenvalue weighted by atomic mass is 10.1. The van der Waals surface area contributed by atoms with Crippen LogP contribution in [0.15, 0.2) is 30.5 Å². The maximum absolute atomic E-state index is 12.4. The van der Waals surface area contributed by atoms with Crippen molar-refractivity contribution in [2.45, 2.75) is 39.6 Å². The van der Waals surface area contributed by atoms with Gasteiger partial charge in [-0.2, -0.15) is 5.26 Å². The predicted molar refractivity (Wildman–Crippen MR) is 94.1 cm³/mol. The molecule has 0 bridgehead atoms. The van der Waals surface area contributed by atoms with Crippen LogP contribution in [0, 0.1) is 11.3 Å². The van der Waals surface area contributed by atoms with Gasteiger partial charge in [0.1, 0.15) is 0 Å². The third-order valence-corrected chi connectivity index (χ3v) is 3.70. The number of nitrogens with zero attached hydrogens (tertiary/aromatic N) is 4. The first kappa shape index (κ1) is 19.6. The minimum atomic E-state index is -0.430. The summed E-state index contributed by atoms with van der Waals surface area (Å²) in [4.78, 5) is 12.4. The molecule has 0 saturated carbocycles. The summed E-state index contributed by atoms with van der Waals surface area (Å²) in [5.74, 6) is -0.322. The Morgan fingerprint density at radius 1 is 1.27 bits per heavy atom. The van der Waals surface area contributed by atoms with Gasteiger partial charge in [0.15, 0.2) is 12.0 Å². The summed E-state index contributed by atoms with van der Waals surface area (Å²) in [6, 6.07) is 8.91. The molecule has 1 heterocycles. The van der Waals surface area contributed by atoms with E-state index in [1.165, 1.54) is 4.68 Å². The Morgan fingerprint density at radius 3 is 2.50 bits per heavy atom. The zero-order valence-electron chi connectivity index (χ0n) is 15.2. The van der Waals surface area contributed by atoms with Gasteiger partial charge in [-0.3, -0.25) is 4.79 Å². The second-order valence-corrected chi connectivity index (χ2v) is 5.60. The van der Waals surface area contributed by atoms with E-state index in [0.717, 1.165) is 5.56 Å². The molecule has 0 spiro atoms. The lowest BCUT2D eigenvalue weighted by Crippen LogP contribution is -2.27. The van der Waals surface area contributed by atoms with Crippen molar-refractivity contribution in [3.63, 3.8) is 0 Å². The average molecular weight is 357 g/mol. The second kappa shape index (κ2) is 9.65. The first-order valence-electron chi connectivity index (χ1n) is 8.51. The number of nitrogens with one attached hydrogen (secondary N) is 1. The third kappa shape index (κ3) is 5.37. The highest BCUT2D eigenvalue weighted by atomic mass is 16.7. The van der Waals surface area contributed by atoms with Gasteiger partial charge in [0.25, 0.3) is 5.91 Å². The van der Waals surface area contributed by atoms with E-state index in [1.807, 2.05) is 32.9 Å². The number of ether oxygens (including phenoxy) is 2. The van der Waals surface area contributed by atoms with E-state index in [4.69, 9.17) is 14.7 Å². The fourth-order valence-corrected chi connectivity index (χ4v) is 2.37. The number of carbonyl (C=O) groups excluding carboxylic acids is 1. The van der Waals surface area contributed by atoms with E-state index in [0.29, 0.717) is 25.3 Å². The van der Waals surface area contributed by atoms with Crippen LogP contribution in [-0.4, -0.2) is 40.4 Å². The quantitative estimate of drug-likeness (QED) is 0.689. The van der Waals surface area contributed by atoms with Crippen LogP contribution in [0.1, 0.15) is 48.4 Å². The van der Waals surface area contributed by atoms with Crippen LogP contribution < -0.4 is 5.32 Å². The fourth-order valence-electron chi connectivity index (χ4n) is 2.37. The summed E-state index contributed by atoms with van der Waals surface area (Å²) in [5, 5.41) is 19.6. The summed E-state index contributed by atoms with van der Waals surface area (Å²) in [6.45, 7) is 7.04. The highest BCUT2D eigenvalue weighted by Crippen LogP contribution is 2.13. The van der Waals surface area contributed by atoms with Crippen molar-refractivity contribution >= 4 is 5.91 Å². The maximum Gasteiger partial charge on any atom is 0.273 e. The van der Waals surface area contributed by atoms with Crippen molar-refractivity contribution in [2.75, 3.05) is 13.2 Å². The molecule has 1 unspecified atom stereocenters. The Labute approximate surface area is 152 Å². The van der Waals surface area contributed by atoms with Gasteiger partial charge < -0.3 is 14.8 Å². The summed E-state index contributed by atoms with van der Waals surface area (Å²) in [5.41, 5.74) is 1.70. The monoisotopic (exact) mass is 357 g/mol. The lowest BCUT2D eigenvalue weighted by Gasteiger charge is -2.16. The molecular weight excluding hydrogens is 334 g/mol. The van der Waals surface area contributed by atoms with E-state index in [9.17, 15) is 4.79 Å². The van der Waals surface area contributed by atoms with Gasteiger partial charge in [0.2, 0.25) is 0 Å². The van der Waals surface area contributed by atoms with Gasteiger partial charge in [0.05, 0.1) is 30.4 Å². The number of carbonyl (C=O) groups is 1. The standard InChI is InChI=1S/C18H23N5O3/c1-4-25-17(26-5-2)12-23-11-16(21-22-23)18(24)20-13(3)15-8-6-14(10-19)7-9-15/h6-9,11,13,17H,4-5,12H2,1-3H3,(H,20,24). The summed E-state index contributed by atoms with van der Waals surface area (Å²) < 4.78 is 12.5. The van der Waals surface area contributed by atoms with Gasteiger partial charge in [-0.25, -0.2) is 4.68 Å². The molecule has 1 aromatic heterocycles. The smallest absolute Gasteiger partial charge is 0.273 e. The van der Waals surface area contributed by atoms with Crippen LogP contribution in [0.25, 0.3) is 0 Å². The van der Waals surface area contributed by atoms with Crippen LogP contribution in [0.2, 0.25) is 0 Å². The van der Waals surface area contributed by atoms with E-state index in [1.54, 1.807) is 18.3 Å². The van der Waals surface area contributed by atoms with E-state index < -0.39 is 6.29 Å². The molecule has 1 amide bonds. The molecule has 0 aliphatic heterocycles. The van der Waals surface area contributed by atoms with Gasteiger partial charge in [-0.05, 0) is 38.5 Å². The Balaban J connectivity index is 1.97. The SMILES string of the molecule is CCOC(Cn1cc(C(=O)NC(C)c2ccc(C#N)cc2)nn1)OCC. The normalized spacial score (nSPS) is 12.0. The Bertz CT molecular complexity index is 745. The number of rotatable bonds is 9. The van der Waals surface area contributed by atoms with Crippen LogP contribution in [0.5, 0.6) is 0 Å². The van der Waals surface area contributed by atoms with Gasteiger partial charge in [-0.15, -0.1) is 5.10 Å². The van der Waals surface area contributed by atoms with E-state index in [-0.39, 0.29) is 17.6 Å². The molecule has 2 aromatic rings. The number of nitriles is 1. The Kier molecular flexibility index (Phi) is 7.26. The molecule has 0 aliphatic carbocycles. The fraction of sp³-hybridized carbons (Fsp3) is 0.444. The van der Waals surface area contributed by atoms with Crippen molar-refractivity contribution in [1.82, 2.24) is 20.3 Å². The highest BCUT2D eigenvalue weighted by molar-refractivity contribution is 5.92. The van der Waals surface area contributed by atoms with Gasteiger partial charge in [-0.1, -0.05) is 17.3 Å². The molecule has 1 aromatic carbocycles. The zero-order valence-corrected chi connectivity index (χ0v) is 15.2. The molecule has 1 atom stereocenters. The van der Waals surface area contributed by atoms with E-state index >= 15 is 0 Å². The zero-order chi connectivity index (χ0) is 18.9. The molecule has 8 nitrogen and oxygen atoms in total. The molecule has 138 valence electrons. The number of benzene rings is 1. The third-order valence-electron chi connectivity index (χ3n) is 3.70. The van der Waals surface area contributed by atoms with E-state index in [2.05, 4.69) is 21.7 Å². The number of hydrogen-bond donors (Lipinski definition) is 1. The molecule has 0 saturated heterocycles. The van der Waals surface area contributed by atoms with Crippen molar-refractivity contribution in [1.29, 1.82) is 5.26 Å². The largest absolute Gasteiger partial charge is 0.351 e. The van der Waals surface area contributed by atoms with Gasteiger partial charge >= 0.3 is 0 Å². The maximum atomic E-state index is 12.4. The number of aromatic nitrogens is 3. The minimum absolute atomic E-state index is 0.220. The summed E-state index contributed by atoms with van der Waals surface area (Å²) >= 11 is 0. The first-order valence-corrected chi connectivity index (χ1v) is 8.51. The second-order valence-electron chi connectivity index (χ2n) is 5.60. The minimum Gasteiger partial charge on any atom is -0.351 e. The van der Waals surface area contributed by atoms with Crippen LogP contribution in [0.3, 0.4) is 0 Å². The first-order chi connectivity index (χ1) is 12.6. The molecule has 0 radical (unpaired) electrons.